The van der Waals surface area contributed by atoms with Gasteiger partial charge in [0, 0.05) is 9.83 Å². The molecule has 4 nitrogen and oxygen atoms in total. The molecule has 1 saturated heterocycles. The Bertz CT molecular complexity index is 168. The smallest absolute Gasteiger partial charge is 0.286 e. The van der Waals surface area contributed by atoms with Crippen molar-refractivity contribution in [3.63, 3.8) is 0 Å². The fourth-order valence-electron chi connectivity index (χ4n) is 0.487. The van der Waals surface area contributed by atoms with Gasteiger partial charge in [-0.2, -0.15) is 0 Å². The van der Waals surface area contributed by atoms with Gasteiger partial charge in [-0.1, -0.05) is 13.3 Å². The van der Waals surface area contributed by atoms with Crippen LogP contribution in [0.1, 0.15) is 19.8 Å². The normalized spacial score (nSPS) is 22.4. The Morgan fingerprint density at radius 1 is 1.42 bits per heavy atom. The zero-order chi connectivity index (χ0) is 8.86. The van der Waals surface area contributed by atoms with Crippen molar-refractivity contribution in [3.05, 3.63) is 0 Å². The van der Waals surface area contributed by atoms with Crippen molar-refractivity contribution >= 4 is 39.8 Å². The van der Waals surface area contributed by atoms with E-state index in [1.165, 1.54) is 9.83 Å². The Morgan fingerprint density at radius 3 is 2.67 bits per heavy atom. The molecular weight excluding hydrogens is 239 g/mol. The van der Waals surface area contributed by atoms with Gasteiger partial charge in [0.25, 0.3) is 0 Å². The van der Waals surface area contributed by atoms with Crippen molar-refractivity contribution in [1.82, 2.24) is 0 Å². The van der Waals surface area contributed by atoms with Gasteiger partial charge in [-0.15, -0.1) is 0 Å². The van der Waals surface area contributed by atoms with Crippen molar-refractivity contribution in [2.24, 2.45) is 0 Å². The van der Waals surface area contributed by atoms with E-state index < -0.39 is 7.82 Å². The summed E-state index contributed by atoms with van der Waals surface area (Å²) in [6.07, 6.45) is 1.86. The summed E-state index contributed by atoms with van der Waals surface area (Å²) in [6.45, 7) is 2.45. The highest BCUT2D eigenvalue weighted by Crippen LogP contribution is 2.65. The monoisotopic (exact) mass is 248 g/mol. The van der Waals surface area contributed by atoms with Gasteiger partial charge < -0.3 is 0 Å². The number of unbranched alkanes of at least 4 members (excludes halogenated alkanes) is 1. The van der Waals surface area contributed by atoms with E-state index in [0.29, 0.717) is 6.61 Å². The molecule has 0 amide bonds. The predicted molar refractivity (Wildman–Crippen MR) is 53.4 cm³/mol. The van der Waals surface area contributed by atoms with Crippen molar-refractivity contribution in [1.29, 1.82) is 0 Å². The molecule has 0 aromatic heterocycles. The molecule has 0 N–H and O–H groups in total. The average molecular weight is 248 g/mol. The van der Waals surface area contributed by atoms with Crippen LogP contribution >= 0.6 is 39.8 Å². The van der Waals surface area contributed by atoms with Gasteiger partial charge in [-0.3, -0.25) is 4.52 Å². The SMILES string of the molecule is CCCCOP1(=O)OSSSO1. The van der Waals surface area contributed by atoms with Crippen molar-refractivity contribution in [2.45, 2.75) is 19.8 Å². The van der Waals surface area contributed by atoms with E-state index in [2.05, 4.69) is 0 Å². The fourth-order valence-corrected chi connectivity index (χ4v) is 5.73. The Labute approximate surface area is 83.3 Å². The lowest BCUT2D eigenvalue weighted by Gasteiger charge is -2.17. The third kappa shape index (κ3) is 3.91. The first-order chi connectivity index (χ1) is 5.77. The van der Waals surface area contributed by atoms with E-state index >= 15 is 0 Å². The van der Waals surface area contributed by atoms with Crippen LogP contribution in [0.15, 0.2) is 0 Å². The van der Waals surface area contributed by atoms with Crippen LogP contribution in [0.3, 0.4) is 0 Å². The molecule has 72 valence electrons. The zero-order valence-corrected chi connectivity index (χ0v) is 9.77. The summed E-state index contributed by atoms with van der Waals surface area (Å²) in [5.41, 5.74) is 0. The minimum atomic E-state index is -3.24. The van der Waals surface area contributed by atoms with E-state index in [-0.39, 0.29) is 0 Å². The molecular formula is C4H9O4PS3. The van der Waals surface area contributed by atoms with Gasteiger partial charge >= 0.3 is 7.82 Å². The van der Waals surface area contributed by atoms with Crippen LogP contribution in [0.5, 0.6) is 0 Å². The topological polar surface area (TPSA) is 44.8 Å². The summed E-state index contributed by atoms with van der Waals surface area (Å²) in [6, 6.07) is 0. The maximum absolute atomic E-state index is 11.4. The Balaban J connectivity index is 2.22. The van der Waals surface area contributed by atoms with Crippen LogP contribution in [0.25, 0.3) is 0 Å². The lowest BCUT2D eigenvalue weighted by Crippen LogP contribution is -1.95. The summed E-state index contributed by atoms with van der Waals surface area (Å²) in [7, 11) is -1.96. The summed E-state index contributed by atoms with van der Waals surface area (Å²) in [5.74, 6) is 0. The van der Waals surface area contributed by atoms with E-state index in [9.17, 15) is 4.57 Å². The third-order valence-corrected chi connectivity index (χ3v) is 6.03. The molecule has 8 heteroatoms. The lowest BCUT2D eigenvalue weighted by molar-refractivity contribution is 0.224. The molecule has 1 aliphatic rings. The lowest BCUT2D eigenvalue weighted by atomic mass is 10.4. The van der Waals surface area contributed by atoms with E-state index in [0.717, 1.165) is 35.0 Å². The molecule has 0 aromatic carbocycles. The standard InChI is InChI=1S/C4H9O4PS3/c1-2-3-4-6-9(5)7-10-12-11-8-9/h2-4H2,1H3. The minimum absolute atomic E-state index is 0.416. The average Bonchev–Trinajstić information content (AvgIpc) is 2.06. The molecule has 0 aromatic rings. The van der Waals surface area contributed by atoms with Gasteiger partial charge in [-0.05, 0) is 6.42 Å². The molecule has 1 aliphatic heterocycles. The largest absolute Gasteiger partial charge is 0.498 e. The molecule has 1 rings (SSSR count). The molecule has 0 bridgehead atoms. The quantitative estimate of drug-likeness (QED) is 0.324. The highest BCUT2D eigenvalue weighted by molar-refractivity contribution is 9.08. The first-order valence-electron chi connectivity index (χ1n) is 3.39. The summed E-state index contributed by atoms with van der Waals surface area (Å²) in [4.78, 5) is 0. The fraction of sp³-hybridized carbons (Fsp3) is 1.00. The van der Waals surface area contributed by atoms with Crippen LogP contribution in [0, 0.1) is 0 Å². The second-order valence-electron chi connectivity index (χ2n) is 1.99. The molecule has 0 saturated carbocycles. The van der Waals surface area contributed by atoms with E-state index in [4.69, 9.17) is 12.5 Å². The first-order valence-corrected chi connectivity index (χ1v) is 8.19. The summed E-state index contributed by atoms with van der Waals surface area (Å²) >= 11 is 2.05. The zero-order valence-electron chi connectivity index (χ0n) is 6.43. The highest BCUT2D eigenvalue weighted by Gasteiger charge is 2.32. The van der Waals surface area contributed by atoms with Crippen molar-refractivity contribution in [3.8, 4) is 0 Å². The molecule has 0 spiro atoms. The van der Waals surface area contributed by atoms with E-state index in [1.54, 1.807) is 0 Å². The Kier molecular flexibility index (Phi) is 5.43. The predicted octanol–water partition coefficient (Wildman–Crippen LogP) is 3.82. The van der Waals surface area contributed by atoms with Gasteiger partial charge in [0.1, 0.15) is 0 Å². The van der Waals surface area contributed by atoms with Gasteiger partial charge in [0.2, 0.25) is 0 Å². The highest BCUT2D eigenvalue weighted by atomic mass is 33.5. The van der Waals surface area contributed by atoms with Gasteiger partial charge in [0.15, 0.2) is 0 Å². The van der Waals surface area contributed by atoms with Crippen LogP contribution in [-0.4, -0.2) is 6.61 Å². The van der Waals surface area contributed by atoms with Crippen LogP contribution < -0.4 is 0 Å². The number of hydrogen-bond acceptors (Lipinski definition) is 7. The molecule has 12 heavy (non-hydrogen) atoms. The van der Waals surface area contributed by atoms with Crippen LogP contribution in [-0.2, 0) is 17.0 Å². The molecule has 0 aliphatic carbocycles. The molecule has 1 heterocycles. The number of phosphoric acid groups is 1. The summed E-state index contributed by atoms with van der Waals surface area (Å²) < 4.78 is 25.9. The van der Waals surface area contributed by atoms with Gasteiger partial charge in [-0.25, -0.2) is 12.5 Å². The van der Waals surface area contributed by atoms with Crippen molar-refractivity contribution in [2.75, 3.05) is 6.61 Å². The number of hydrogen-bond donors (Lipinski definition) is 0. The minimum Gasteiger partial charge on any atom is -0.286 e. The molecule has 0 radical (unpaired) electrons. The Hall–Kier alpha value is 1.16. The first kappa shape index (κ1) is 11.2. The second-order valence-corrected chi connectivity index (χ2v) is 7.19. The maximum Gasteiger partial charge on any atom is 0.498 e. The van der Waals surface area contributed by atoms with Crippen LogP contribution in [0.2, 0.25) is 0 Å². The molecule has 0 atom stereocenters. The Morgan fingerprint density at radius 2 is 2.08 bits per heavy atom. The maximum atomic E-state index is 11.4. The van der Waals surface area contributed by atoms with E-state index in [1.807, 2.05) is 6.92 Å². The molecule has 1 fully saturated rings. The second kappa shape index (κ2) is 5.80. The van der Waals surface area contributed by atoms with Gasteiger partial charge in [0.05, 0.1) is 28.8 Å². The van der Waals surface area contributed by atoms with Crippen LogP contribution in [0.4, 0.5) is 0 Å². The number of rotatable bonds is 4. The summed E-state index contributed by atoms with van der Waals surface area (Å²) in [5, 5.41) is 0. The third-order valence-electron chi connectivity index (χ3n) is 1.05. The molecule has 0 unspecified atom stereocenters. The van der Waals surface area contributed by atoms with Crippen molar-refractivity contribution < 1.29 is 17.0 Å².